The van der Waals surface area contributed by atoms with Gasteiger partial charge in [-0.1, -0.05) is 43.0 Å². The van der Waals surface area contributed by atoms with E-state index >= 15 is 0 Å². The molecule has 31 heavy (non-hydrogen) atoms. The molecule has 0 bridgehead atoms. The summed E-state index contributed by atoms with van der Waals surface area (Å²) in [5.41, 5.74) is -1.69. The summed E-state index contributed by atoms with van der Waals surface area (Å²) in [4.78, 5) is 0. The van der Waals surface area contributed by atoms with Gasteiger partial charge in [0, 0.05) is 23.6 Å². The molecule has 1 saturated heterocycles. The van der Waals surface area contributed by atoms with E-state index in [0.717, 1.165) is 31.4 Å². The van der Waals surface area contributed by atoms with Crippen LogP contribution in [0.1, 0.15) is 43.6 Å². The van der Waals surface area contributed by atoms with Crippen LogP contribution >= 0.6 is 23.2 Å². The quantitative estimate of drug-likeness (QED) is 0.302. The smallest absolute Gasteiger partial charge is 0.429 e. The van der Waals surface area contributed by atoms with Crippen molar-refractivity contribution in [3.63, 3.8) is 0 Å². The number of hydrogen-bond acceptors (Lipinski definition) is 3. The van der Waals surface area contributed by atoms with Gasteiger partial charge in [0.25, 0.3) is 0 Å². The molecular weight excluding hydrogens is 466 g/mol. The summed E-state index contributed by atoms with van der Waals surface area (Å²) < 4.78 is 86.9. The van der Waals surface area contributed by atoms with Gasteiger partial charge in [0.1, 0.15) is 22.9 Å². The van der Waals surface area contributed by atoms with E-state index in [-0.39, 0.29) is 11.5 Å². The predicted molar refractivity (Wildman–Crippen MR) is 105 cm³/mol. The third kappa shape index (κ3) is 5.61. The second-order valence-electron chi connectivity index (χ2n) is 7.19. The average molecular weight is 485 g/mol. The van der Waals surface area contributed by atoms with Gasteiger partial charge in [0.15, 0.2) is 12.1 Å². The zero-order valence-electron chi connectivity index (χ0n) is 16.4. The lowest BCUT2D eigenvalue weighted by atomic mass is 10.0. The van der Waals surface area contributed by atoms with Gasteiger partial charge in [-0.2, -0.15) is 8.78 Å². The Balaban J connectivity index is 1.78. The van der Waals surface area contributed by atoms with Crippen LogP contribution in [0.5, 0.6) is 5.75 Å². The van der Waals surface area contributed by atoms with E-state index in [1.165, 1.54) is 0 Å². The van der Waals surface area contributed by atoms with Crippen molar-refractivity contribution in [1.29, 1.82) is 0 Å². The Morgan fingerprint density at radius 2 is 1.55 bits per heavy atom. The standard InChI is InChI=1S/C21H19Cl2F5O3/c1-2-3-4-11-9-29-20(30-10-11)12-5-16(24)18(17(25)6-12)21(27,28)31-13-7-14(22)19(26)15(23)8-13/h5-8,11,20H,2-4,9-10H2,1H3. The molecule has 1 heterocycles. The molecule has 0 unspecified atom stereocenters. The van der Waals surface area contributed by atoms with E-state index in [2.05, 4.69) is 11.7 Å². The Bertz CT molecular complexity index is 887. The van der Waals surface area contributed by atoms with Crippen molar-refractivity contribution in [2.45, 2.75) is 38.6 Å². The minimum atomic E-state index is -4.43. The predicted octanol–water partition coefficient (Wildman–Crippen LogP) is 7.39. The molecule has 3 rings (SSSR count). The molecule has 0 aromatic heterocycles. The number of unbranched alkanes of at least 4 members (excludes halogenated alkanes) is 1. The molecule has 0 aliphatic carbocycles. The summed E-state index contributed by atoms with van der Waals surface area (Å²) in [6.45, 7) is 2.72. The van der Waals surface area contributed by atoms with Crippen LogP contribution < -0.4 is 4.74 Å². The van der Waals surface area contributed by atoms with Crippen molar-refractivity contribution in [2.24, 2.45) is 5.92 Å². The van der Waals surface area contributed by atoms with Crippen molar-refractivity contribution in [2.75, 3.05) is 13.2 Å². The molecule has 10 heteroatoms. The Hall–Kier alpha value is -1.61. The average Bonchev–Trinajstić information content (AvgIpc) is 2.69. The van der Waals surface area contributed by atoms with Gasteiger partial charge in [0.05, 0.1) is 23.3 Å². The molecule has 170 valence electrons. The second kappa shape index (κ2) is 9.90. The maximum Gasteiger partial charge on any atom is 0.432 e. The monoisotopic (exact) mass is 484 g/mol. The fourth-order valence-corrected chi connectivity index (χ4v) is 3.66. The minimum Gasteiger partial charge on any atom is -0.429 e. The SMILES string of the molecule is CCCCC1COC(c2cc(F)c(C(F)(F)Oc3cc(Cl)c(F)c(Cl)c3)c(F)c2)OC1. The third-order valence-electron chi connectivity index (χ3n) is 4.76. The van der Waals surface area contributed by atoms with Gasteiger partial charge >= 0.3 is 6.11 Å². The Labute approximate surface area is 186 Å². The number of hydrogen-bond donors (Lipinski definition) is 0. The topological polar surface area (TPSA) is 27.7 Å². The van der Waals surface area contributed by atoms with Crippen molar-refractivity contribution in [3.05, 3.63) is 62.9 Å². The lowest BCUT2D eigenvalue weighted by Crippen LogP contribution is -2.28. The van der Waals surface area contributed by atoms with Crippen LogP contribution in [0.2, 0.25) is 10.0 Å². The van der Waals surface area contributed by atoms with Crippen LogP contribution in [-0.2, 0) is 15.6 Å². The lowest BCUT2D eigenvalue weighted by Gasteiger charge is -2.30. The van der Waals surface area contributed by atoms with Gasteiger partial charge in [-0.15, -0.1) is 0 Å². The molecule has 2 aromatic rings. The van der Waals surface area contributed by atoms with E-state index in [9.17, 15) is 22.0 Å². The number of alkyl halides is 2. The van der Waals surface area contributed by atoms with E-state index in [1.54, 1.807) is 0 Å². The first-order valence-corrected chi connectivity index (χ1v) is 10.3. The maximum absolute atomic E-state index is 14.5. The van der Waals surface area contributed by atoms with Crippen molar-refractivity contribution >= 4 is 23.2 Å². The number of benzene rings is 2. The molecule has 1 fully saturated rings. The molecular formula is C21H19Cl2F5O3. The lowest BCUT2D eigenvalue weighted by molar-refractivity contribution is -0.206. The van der Waals surface area contributed by atoms with Gasteiger partial charge in [-0.25, -0.2) is 13.2 Å². The van der Waals surface area contributed by atoms with Crippen molar-refractivity contribution < 1.29 is 36.2 Å². The van der Waals surface area contributed by atoms with E-state index in [4.69, 9.17) is 32.7 Å². The summed E-state index contributed by atoms with van der Waals surface area (Å²) in [6, 6.07) is 2.85. The Morgan fingerprint density at radius 1 is 1.00 bits per heavy atom. The van der Waals surface area contributed by atoms with Crippen LogP contribution in [0.3, 0.4) is 0 Å². The summed E-state index contributed by atoms with van der Waals surface area (Å²) in [5.74, 6) is -4.65. The third-order valence-corrected chi connectivity index (χ3v) is 5.31. The largest absolute Gasteiger partial charge is 0.432 e. The summed E-state index contributed by atoms with van der Waals surface area (Å²) in [6.07, 6.45) is -2.59. The fourth-order valence-electron chi connectivity index (χ4n) is 3.19. The molecule has 1 aliphatic heterocycles. The fraction of sp³-hybridized carbons (Fsp3) is 0.429. The minimum absolute atomic E-state index is 0.0728. The molecule has 0 radical (unpaired) electrons. The zero-order chi connectivity index (χ0) is 22.8. The number of ether oxygens (including phenoxy) is 3. The van der Waals surface area contributed by atoms with Crippen molar-refractivity contribution in [1.82, 2.24) is 0 Å². The number of halogens is 7. The van der Waals surface area contributed by atoms with Gasteiger partial charge < -0.3 is 14.2 Å². The van der Waals surface area contributed by atoms with Crippen LogP contribution in [0.4, 0.5) is 22.0 Å². The second-order valence-corrected chi connectivity index (χ2v) is 8.00. The summed E-state index contributed by atoms with van der Waals surface area (Å²) >= 11 is 11.1. The first-order chi connectivity index (χ1) is 14.6. The van der Waals surface area contributed by atoms with Gasteiger partial charge in [-0.05, 0) is 18.6 Å². The highest BCUT2D eigenvalue weighted by Crippen LogP contribution is 2.39. The highest BCUT2D eigenvalue weighted by Gasteiger charge is 2.42. The Morgan fingerprint density at radius 3 is 2.06 bits per heavy atom. The molecule has 0 N–H and O–H groups in total. The highest BCUT2D eigenvalue weighted by atomic mass is 35.5. The zero-order valence-corrected chi connectivity index (χ0v) is 17.9. The van der Waals surface area contributed by atoms with Gasteiger partial charge in [0.2, 0.25) is 0 Å². The summed E-state index contributed by atoms with van der Waals surface area (Å²) in [7, 11) is 0. The molecule has 0 amide bonds. The molecule has 0 saturated carbocycles. The maximum atomic E-state index is 14.5. The van der Waals surface area contributed by atoms with Crippen LogP contribution in [0.15, 0.2) is 24.3 Å². The van der Waals surface area contributed by atoms with Gasteiger partial charge in [-0.3, -0.25) is 0 Å². The van der Waals surface area contributed by atoms with E-state index in [1.807, 2.05) is 0 Å². The molecule has 0 spiro atoms. The first-order valence-electron chi connectivity index (χ1n) is 9.56. The van der Waals surface area contributed by atoms with Crippen molar-refractivity contribution in [3.8, 4) is 5.75 Å². The van der Waals surface area contributed by atoms with E-state index in [0.29, 0.717) is 25.3 Å². The van der Waals surface area contributed by atoms with Crippen LogP contribution in [-0.4, -0.2) is 13.2 Å². The molecule has 2 aromatic carbocycles. The highest BCUT2D eigenvalue weighted by molar-refractivity contribution is 6.35. The normalized spacial score (nSPS) is 19.5. The van der Waals surface area contributed by atoms with Crippen LogP contribution in [0.25, 0.3) is 0 Å². The Kier molecular flexibility index (Phi) is 7.68. The molecule has 0 atom stereocenters. The summed E-state index contributed by atoms with van der Waals surface area (Å²) in [5, 5.41) is -1.17. The first kappa shape index (κ1) is 24.0. The van der Waals surface area contributed by atoms with E-state index < -0.39 is 51.2 Å². The molecule has 3 nitrogen and oxygen atoms in total. The van der Waals surface area contributed by atoms with Crippen LogP contribution in [0, 0.1) is 23.4 Å². The number of rotatable bonds is 7. The molecule has 1 aliphatic rings.